The van der Waals surface area contributed by atoms with Gasteiger partial charge in [-0.2, -0.15) is 13.2 Å². The van der Waals surface area contributed by atoms with Crippen molar-refractivity contribution in [1.29, 1.82) is 0 Å². The molecule has 3 rings (SSSR count). The van der Waals surface area contributed by atoms with Gasteiger partial charge < -0.3 is 10.1 Å². The van der Waals surface area contributed by atoms with Crippen molar-refractivity contribution in [2.24, 2.45) is 0 Å². The third-order valence-corrected chi connectivity index (χ3v) is 4.68. The Balaban J connectivity index is 1.72. The summed E-state index contributed by atoms with van der Waals surface area (Å²) in [7, 11) is 0. The van der Waals surface area contributed by atoms with Gasteiger partial charge in [-0.3, -0.25) is 9.59 Å². The van der Waals surface area contributed by atoms with Gasteiger partial charge in [-0.15, -0.1) is 0 Å². The van der Waals surface area contributed by atoms with Gasteiger partial charge in [-0.1, -0.05) is 11.8 Å². The Morgan fingerprint density at radius 1 is 1.31 bits per heavy atom. The zero-order valence-corrected chi connectivity index (χ0v) is 14.3. The highest BCUT2D eigenvalue weighted by Gasteiger charge is 2.31. The summed E-state index contributed by atoms with van der Waals surface area (Å²) in [5.41, 5.74) is -0.0651. The number of rotatable bonds is 4. The van der Waals surface area contributed by atoms with Crippen molar-refractivity contribution in [2.75, 3.05) is 11.9 Å². The maximum absolute atomic E-state index is 12.6. The predicted octanol–water partition coefficient (Wildman–Crippen LogP) is 3.79. The number of fused-ring (bicyclic) bond motifs is 1. The van der Waals surface area contributed by atoms with Crippen molar-refractivity contribution >= 4 is 29.1 Å². The molecule has 136 valence electrons. The first-order valence-corrected chi connectivity index (χ1v) is 8.43. The molecule has 9 heteroatoms. The number of amides is 1. The first-order chi connectivity index (χ1) is 12.2. The largest absolute Gasteiger partial charge is 0.482 e. The van der Waals surface area contributed by atoms with Crippen LogP contribution in [0.5, 0.6) is 5.75 Å². The summed E-state index contributed by atoms with van der Waals surface area (Å²) in [5, 5.41) is 2.36. The summed E-state index contributed by atoms with van der Waals surface area (Å²) in [6.45, 7) is 1.56. The Morgan fingerprint density at radius 3 is 2.73 bits per heavy atom. The van der Waals surface area contributed by atoms with Crippen LogP contribution in [0.3, 0.4) is 0 Å². The molecular weight excluding hydrogens is 369 g/mol. The molecule has 2 aromatic rings. The highest BCUT2D eigenvalue weighted by Crippen LogP contribution is 2.32. The van der Waals surface area contributed by atoms with E-state index in [1.54, 1.807) is 19.1 Å². The van der Waals surface area contributed by atoms with Crippen LogP contribution in [-0.4, -0.2) is 28.5 Å². The first-order valence-electron chi connectivity index (χ1n) is 7.55. The summed E-state index contributed by atoms with van der Waals surface area (Å²) in [5.74, 6) is -0.0661. The number of nitrogens with one attached hydrogen (secondary N) is 1. The number of pyridine rings is 1. The average molecular weight is 382 g/mol. The number of alkyl halides is 3. The maximum Gasteiger partial charge on any atom is 0.417 e. The third kappa shape index (κ3) is 3.98. The van der Waals surface area contributed by atoms with Crippen LogP contribution in [0.1, 0.15) is 22.8 Å². The van der Waals surface area contributed by atoms with E-state index in [9.17, 15) is 22.8 Å². The molecule has 0 unspecified atom stereocenters. The van der Waals surface area contributed by atoms with Gasteiger partial charge in [0, 0.05) is 11.8 Å². The molecule has 0 fully saturated rings. The van der Waals surface area contributed by atoms with Gasteiger partial charge in [-0.05, 0) is 37.3 Å². The minimum absolute atomic E-state index is 0.0772. The van der Waals surface area contributed by atoms with E-state index in [4.69, 9.17) is 4.74 Å². The number of carbonyl (C=O) groups is 2. The van der Waals surface area contributed by atoms with Crippen molar-refractivity contribution < 1.29 is 27.5 Å². The van der Waals surface area contributed by atoms with Crippen LogP contribution in [0.15, 0.2) is 41.6 Å². The zero-order chi connectivity index (χ0) is 18.9. The van der Waals surface area contributed by atoms with Gasteiger partial charge in [0.05, 0.1) is 21.5 Å². The molecule has 0 aliphatic carbocycles. The number of hydrogen-bond acceptors (Lipinski definition) is 5. The Morgan fingerprint density at radius 2 is 2.08 bits per heavy atom. The van der Waals surface area contributed by atoms with E-state index in [0.717, 1.165) is 24.0 Å². The number of benzene rings is 1. The monoisotopic (exact) mass is 382 g/mol. The summed E-state index contributed by atoms with van der Waals surface area (Å²) in [6, 6.07) is 6.86. The predicted molar refractivity (Wildman–Crippen MR) is 89.5 cm³/mol. The van der Waals surface area contributed by atoms with E-state index in [1.165, 1.54) is 12.1 Å². The standard InChI is InChI=1S/C17H13F3N2O3S/c1-9(26-15-5-3-11(7-21-15)17(18,19)20)16(24)10-2-4-13-12(6-10)22-14(23)8-25-13/h2-7,9H,8H2,1H3,(H,22,23)/t9-/m0/s1. The van der Waals surface area contributed by atoms with Crippen LogP contribution in [-0.2, 0) is 11.0 Å². The zero-order valence-electron chi connectivity index (χ0n) is 13.5. The van der Waals surface area contributed by atoms with Crippen LogP contribution in [0.4, 0.5) is 18.9 Å². The van der Waals surface area contributed by atoms with E-state index < -0.39 is 17.0 Å². The lowest BCUT2D eigenvalue weighted by atomic mass is 10.1. The Hall–Kier alpha value is -2.55. The molecule has 26 heavy (non-hydrogen) atoms. The molecular formula is C17H13F3N2O3S. The molecule has 2 heterocycles. The van der Waals surface area contributed by atoms with Gasteiger partial charge >= 0.3 is 6.18 Å². The highest BCUT2D eigenvalue weighted by atomic mass is 32.2. The molecule has 0 radical (unpaired) electrons. The SMILES string of the molecule is C[C@H](Sc1ccc(C(F)(F)F)cn1)C(=O)c1ccc2c(c1)NC(=O)CO2. The van der Waals surface area contributed by atoms with Gasteiger partial charge in [0.1, 0.15) is 5.75 Å². The number of thioether (sulfide) groups is 1. The topological polar surface area (TPSA) is 68.3 Å². The number of nitrogens with zero attached hydrogens (tertiary/aromatic N) is 1. The van der Waals surface area contributed by atoms with Crippen molar-refractivity contribution in [2.45, 2.75) is 23.4 Å². The first kappa shape index (κ1) is 18.2. The van der Waals surface area contributed by atoms with Crippen molar-refractivity contribution in [1.82, 2.24) is 4.98 Å². The van der Waals surface area contributed by atoms with E-state index in [2.05, 4.69) is 10.3 Å². The number of ether oxygens (including phenoxy) is 1. The van der Waals surface area contributed by atoms with Crippen LogP contribution < -0.4 is 10.1 Å². The number of ketones is 1. The number of carbonyl (C=O) groups excluding carboxylic acids is 2. The van der Waals surface area contributed by atoms with Crippen molar-refractivity contribution in [3.63, 3.8) is 0 Å². The van der Waals surface area contributed by atoms with E-state index in [0.29, 0.717) is 22.0 Å². The summed E-state index contributed by atoms with van der Waals surface area (Å²) in [4.78, 5) is 27.7. The molecule has 0 spiro atoms. The minimum Gasteiger partial charge on any atom is -0.482 e. The van der Waals surface area contributed by atoms with Crippen molar-refractivity contribution in [3.05, 3.63) is 47.7 Å². The number of hydrogen-bond donors (Lipinski definition) is 1. The fraction of sp³-hybridized carbons (Fsp3) is 0.235. The second-order valence-electron chi connectivity index (χ2n) is 5.55. The molecule has 0 bridgehead atoms. The molecule has 1 atom stereocenters. The fourth-order valence-electron chi connectivity index (χ4n) is 2.32. The molecule has 1 aromatic carbocycles. The lowest BCUT2D eigenvalue weighted by Crippen LogP contribution is -2.25. The number of aromatic nitrogens is 1. The Labute approximate surface area is 150 Å². The van der Waals surface area contributed by atoms with Crippen LogP contribution in [0.2, 0.25) is 0 Å². The minimum atomic E-state index is -4.45. The maximum atomic E-state index is 12.6. The summed E-state index contributed by atoms with van der Waals surface area (Å²) in [6.07, 6.45) is -3.71. The highest BCUT2D eigenvalue weighted by molar-refractivity contribution is 8.00. The Bertz CT molecular complexity index is 853. The van der Waals surface area contributed by atoms with Crippen LogP contribution in [0.25, 0.3) is 0 Å². The number of anilines is 1. The van der Waals surface area contributed by atoms with Gasteiger partial charge in [0.15, 0.2) is 12.4 Å². The number of Topliss-reactive ketones (excluding diaryl/α,β-unsaturated/α-hetero) is 1. The number of halogens is 3. The second-order valence-corrected chi connectivity index (χ2v) is 6.92. The molecule has 1 N–H and O–H groups in total. The van der Waals surface area contributed by atoms with Crippen LogP contribution >= 0.6 is 11.8 Å². The Kier molecular flexibility index (Phi) is 4.90. The van der Waals surface area contributed by atoms with Gasteiger partial charge in [0.25, 0.3) is 5.91 Å². The average Bonchev–Trinajstić information content (AvgIpc) is 2.60. The molecule has 1 aromatic heterocycles. The quantitative estimate of drug-likeness (QED) is 0.644. The van der Waals surface area contributed by atoms with Crippen molar-refractivity contribution in [3.8, 4) is 5.75 Å². The molecule has 1 aliphatic heterocycles. The van der Waals surface area contributed by atoms with E-state index in [1.807, 2.05) is 0 Å². The molecule has 1 amide bonds. The van der Waals surface area contributed by atoms with Gasteiger partial charge in [0.2, 0.25) is 0 Å². The molecule has 1 aliphatic rings. The smallest absolute Gasteiger partial charge is 0.417 e. The van der Waals surface area contributed by atoms with Crippen LogP contribution in [0, 0.1) is 0 Å². The molecule has 0 saturated carbocycles. The fourth-order valence-corrected chi connectivity index (χ4v) is 3.19. The lowest BCUT2D eigenvalue weighted by molar-refractivity contribution is -0.137. The molecule has 0 saturated heterocycles. The van der Waals surface area contributed by atoms with Gasteiger partial charge in [-0.25, -0.2) is 4.98 Å². The van der Waals surface area contributed by atoms with E-state index >= 15 is 0 Å². The third-order valence-electron chi connectivity index (χ3n) is 3.63. The normalized spacial score (nSPS) is 14.8. The summed E-state index contributed by atoms with van der Waals surface area (Å²) >= 11 is 1.06. The lowest BCUT2D eigenvalue weighted by Gasteiger charge is -2.19. The summed E-state index contributed by atoms with van der Waals surface area (Å²) < 4.78 is 42.9. The molecule has 5 nitrogen and oxygen atoms in total. The second kappa shape index (κ2) is 6.99. The van der Waals surface area contributed by atoms with E-state index in [-0.39, 0.29) is 18.3 Å².